The van der Waals surface area contributed by atoms with E-state index in [0.717, 1.165) is 40.5 Å². The molecule has 2 aliphatic heterocycles. The molecule has 3 aliphatic rings. The number of benzene rings is 2. The lowest BCUT2D eigenvalue weighted by molar-refractivity contribution is -0.133. The smallest absolute Gasteiger partial charge is 0.237 e. The van der Waals surface area contributed by atoms with Crippen LogP contribution in [-0.4, -0.2) is 17.9 Å². The van der Waals surface area contributed by atoms with Crippen LogP contribution in [0.5, 0.6) is 0 Å². The van der Waals surface area contributed by atoms with Gasteiger partial charge in [0, 0.05) is 27.5 Å². The molecule has 4 nitrogen and oxygen atoms in total. The minimum absolute atomic E-state index is 0.00341. The molecule has 1 aliphatic carbocycles. The number of nitrogens with one attached hydrogen (secondary N) is 2. The number of fused-ring (bicyclic) bond motifs is 2. The second-order valence-corrected chi connectivity index (χ2v) is 9.89. The lowest BCUT2D eigenvalue weighted by Gasteiger charge is -2.49. The molecule has 1 spiro atoms. The van der Waals surface area contributed by atoms with Gasteiger partial charge in [0.25, 0.3) is 0 Å². The van der Waals surface area contributed by atoms with E-state index in [-0.39, 0.29) is 35.6 Å². The van der Waals surface area contributed by atoms with Crippen LogP contribution in [0.25, 0.3) is 0 Å². The first-order valence-corrected chi connectivity index (χ1v) is 11.2. The van der Waals surface area contributed by atoms with Crippen LogP contribution < -0.4 is 10.6 Å². The molecule has 2 amide bonds. The molecule has 29 heavy (non-hydrogen) atoms. The number of halogens is 2. The summed E-state index contributed by atoms with van der Waals surface area (Å²) in [5, 5.41) is 7.00. The van der Waals surface area contributed by atoms with E-state index in [1.54, 1.807) is 0 Å². The quantitative estimate of drug-likeness (QED) is 0.647. The van der Waals surface area contributed by atoms with E-state index in [2.05, 4.69) is 33.5 Å². The Morgan fingerprint density at radius 2 is 1.97 bits per heavy atom. The SMILES string of the molecule is CCC1(C2NC(=O)CC(c3cccc(Cl)c3)C23C(=O)Nc2cc(Br)ccc23)CC1. The number of amides is 2. The van der Waals surface area contributed by atoms with Gasteiger partial charge in [-0.1, -0.05) is 52.7 Å². The van der Waals surface area contributed by atoms with Gasteiger partial charge in [0.2, 0.25) is 11.8 Å². The number of rotatable bonds is 3. The Bertz CT molecular complexity index is 1040. The molecule has 0 aromatic heterocycles. The average Bonchev–Trinajstić information content (AvgIpc) is 3.44. The summed E-state index contributed by atoms with van der Waals surface area (Å²) in [5.74, 6) is -0.296. The number of anilines is 1. The van der Waals surface area contributed by atoms with E-state index in [9.17, 15) is 9.59 Å². The molecule has 2 N–H and O–H groups in total. The summed E-state index contributed by atoms with van der Waals surface area (Å²) in [6.45, 7) is 2.16. The normalized spacial score (nSPS) is 29.3. The monoisotopic (exact) mass is 472 g/mol. The van der Waals surface area contributed by atoms with Crippen LogP contribution in [-0.2, 0) is 15.0 Å². The van der Waals surface area contributed by atoms with E-state index in [0.29, 0.717) is 5.02 Å². The molecule has 5 rings (SSSR count). The van der Waals surface area contributed by atoms with Crippen LogP contribution in [0.1, 0.15) is 49.7 Å². The van der Waals surface area contributed by atoms with Gasteiger partial charge in [-0.05, 0) is 60.1 Å². The topological polar surface area (TPSA) is 58.2 Å². The molecule has 6 heteroatoms. The average molecular weight is 474 g/mol. The summed E-state index contributed by atoms with van der Waals surface area (Å²) >= 11 is 9.83. The Morgan fingerprint density at radius 1 is 1.17 bits per heavy atom. The predicted octanol–water partition coefficient (Wildman–Crippen LogP) is 5.15. The van der Waals surface area contributed by atoms with Gasteiger partial charge in [0.15, 0.2) is 0 Å². The number of hydrogen-bond donors (Lipinski definition) is 2. The molecule has 150 valence electrons. The third-order valence-electron chi connectivity index (χ3n) is 7.21. The number of piperidine rings is 1. The van der Waals surface area contributed by atoms with Gasteiger partial charge in [-0.25, -0.2) is 0 Å². The maximum absolute atomic E-state index is 13.8. The standard InChI is InChI=1S/C23H22BrClN2O2/c1-2-22(8-9-22)20-23(16-7-6-14(24)11-18(16)26-21(23)29)17(12-19(28)27-20)13-4-3-5-15(25)10-13/h3-7,10-11,17,20H,2,8-9,12H2,1H3,(H,26,29)(H,27,28). The molecule has 3 atom stereocenters. The number of hydrogen-bond acceptors (Lipinski definition) is 2. The van der Waals surface area contributed by atoms with Crippen molar-refractivity contribution in [2.24, 2.45) is 5.41 Å². The molecule has 2 aromatic carbocycles. The highest BCUT2D eigenvalue weighted by Gasteiger charge is 2.67. The third kappa shape index (κ3) is 2.70. The van der Waals surface area contributed by atoms with Crippen molar-refractivity contribution in [2.45, 2.75) is 50.0 Å². The summed E-state index contributed by atoms with van der Waals surface area (Å²) in [6.07, 6.45) is 3.25. The van der Waals surface area contributed by atoms with E-state index >= 15 is 0 Å². The Kier molecular flexibility index (Phi) is 4.34. The summed E-state index contributed by atoms with van der Waals surface area (Å²) in [6, 6.07) is 13.3. The van der Waals surface area contributed by atoms with E-state index in [1.807, 2.05) is 42.5 Å². The van der Waals surface area contributed by atoms with Crippen LogP contribution in [0, 0.1) is 5.41 Å². The fourth-order valence-electron chi connectivity index (χ4n) is 5.59. The fraction of sp³-hybridized carbons (Fsp3) is 0.391. The zero-order valence-electron chi connectivity index (χ0n) is 16.1. The van der Waals surface area contributed by atoms with Gasteiger partial charge in [-0.2, -0.15) is 0 Å². The van der Waals surface area contributed by atoms with Gasteiger partial charge in [0.05, 0.1) is 6.04 Å². The molecule has 2 heterocycles. The first kappa shape index (κ1) is 19.1. The first-order valence-electron chi connectivity index (χ1n) is 10.1. The molecular formula is C23H22BrClN2O2. The minimum Gasteiger partial charge on any atom is -0.351 e. The van der Waals surface area contributed by atoms with Gasteiger partial charge < -0.3 is 10.6 Å². The second kappa shape index (κ2) is 6.58. The number of carbonyl (C=O) groups is 2. The molecule has 1 saturated heterocycles. The largest absolute Gasteiger partial charge is 0.351 e. The predicted molar refractivity (Wildman–Crippen MR) is 117 cm³/mol. The van der Waals surface area contributed by atoms with E-state index in [4.69, 9.17) is 11.6 Å². The van der Waals surface area contributed by atoms with Crippen molar-refractivity contribution in [3.05, 3.63) is 63.1 Å². The highest BCUT2D eigenvalue weighted by molar-refractivity contribution is 9.10. The minimum atomic E-state index is -0.846. The van der Waals surface area contributed by atoms with Crippen molar-refractivity contribution in [3.63, 3.8) is 0 Å². The van der Waals surface area contributed by atoms with E-state index < -0.39 is 5.41 Å². The zero-order valence-corrected chi connectivity index (χ0v) is 18.4. The molecule has 3 unspecified atom stereocenters. The van der Waals surface area contributed by atoms with Crippen LogP contribution in [0.4, 0.5) is 5.69 Å². The van der Waals surface area contributed by atoms with Crippen molar-refractivity contribution in [3.8, 4) is 0 Å². The Morgan fingerprint density at radius 3 is 2.66 bits per heavy atom. The van der Waals surface area contributed by atoms with Gasteiger partial charge in [-0.3, -0.25) is 9.59 Å². The molecule has 1 saturated carbocycles. The zero-order chi connectivity index (χ0) is 20.4. The molecule has 0 radical (unpaired) electrons. The maximum atomic E-state index is 13.8. The molecule has 2 fully saturated rings. The number of carbonyl (C=O) groups excluding carboxylic acids is 2. The molecule has 2 aromatic rings. The van der Waals surface area contributed by atoms with Crippen LogP contribution in [0.2, 0.25) is 5.02 Å². The van der Waals surface area contributed by atoms with E-state index in [1.165, 1.54) is 0 Å². The van der Waals surface area contributed by atoms with Gasteiger partial charge >= 0.3 is 0 Å². The van der Waals surface area contributed by atoms with Crippen molar-refractivity contribution >= 4 is 45.0 Å². The van der Waals surface area contributed by atoms with Crippen LogP contribution >= 0.6 is 27.5 Å². The fourth-order valence-corrected chi connectivity index (χ4v) is 6.15. The van der Waals surface area contributed by atoms with Crippen molar-refractivity contribution in [1.82, 2.24) is 5.32 Å². The maximum Gasteiger partial charge on any atom is 0.237 e. The summed E-state index contributed by atoms with van der Waals surface area (Å²) in [4.78, 5) is 26.6. The lowest BCUT2D eigenvalue weighted by atomic mass is 9.57. The lowest BCUT2D eigenvalue weighted by Crippen LogP contribution is -2.65. The van der Waals surface area contributed by atoms with Crippen LogP contribution in [0.15, 0.2) is 46.9 Å². The van der Waals surface area contributed by atoms with Crippen molar-refractivity contribution in [2.75, 3.05) is 5.32 Å². The van der Waals surface area contributed by atoms with Crippen LogP contribution in [0.3, 0.4) is 0 Å². The highest BCUT2D eigenvalue weighted by Crippen LogP contribution is 2.63. The summed E-state index contributed by atoms with van der Waals surface area (Å²) in [5.41, 5.74) is 1.85. The Hall–Kier alpha value is -1.85. The summed E-state index contributed by atoms with van der Waals surface area (Å²) < 4.78 is 0.918. The molecular weight excluding hydrogens is 452 g/mol. The first-order chi connectivity index (χ1) is 13.9. The summed E-state index contributed by atoms with van der Waals surface area (Å²) in [7, 11) is 0. The second-order valence-electron chi connectivity index (χ2n) is 8.54. The highest BCUT2D eigenvalue weighted by atomic mass is 79.9. The Labute approximate surface area is 183 Å². The molecule has 0 bridgehead atoms. The van der Waals surface area contributed by atoms with Crippen molar-refractivity contribution in [1.29, 1.82) is 0 Å². The Balaban J connectivity index is 1.78. The third-order valence-corrected chi connectivity index (χ3v) is 7.94. The van der Waals surface area contributed by atoms with Gasteiger partial charge in [-0.15, -0.1) is 0 Å². The van der Waals surface area contributed by atoms with Gasteiger partial charge in [0.1, 0.15) is 5.41 Å². The van der Waals surface area contributed by atoms with Crippen molar-refractivity contribution < 1.29 is 9.59 Å².